The lowest BCUT2D eigenvalue weighted by Gasteiger charge is -2.08. The lowest BCUT2D eigenvalue weighted by molar-refractivity contribution is 0.608. The molecule has 5 heteroatoms. The third-order valence-corrected chi connectivity index (χ3v) is 3.45. The first kappa shape index (κ1) is 14.0. The van der Waals surface area contributed by atoms with Crippen LogP contribution in [0.5, 0.6) is 0 Å². The molecule has 0 aliphatic carbocycles. The van der Waals surface area contributed by atoms with Crippen molar-refractivity contribution in [2.45, 2.75) is 27.3 Å². The number of hydrogen-bond acceptors (Lipinski definition) is 2. The highest BCUT2D eigenvalue weighted by molar-refractivity contribution is 6.32. The van der Waals surface area contributed by atoms with Crippen LogP contribution in [-0.4, -0.2) is 16.3 Å². The molecule has 0 fully saturated rings. The number of aromatic nitrogens is 2. The Morgan fingerprint density at radius 2 is 2.11 bits per heavy atom. The van der Waals surface area contributed by atoms with Crippen molar-refractivity contribution < 1.29 is 4.39 Å². The van der Waals surface area contributed by atoms with Crippen molar-refractivity contribution in [3.05, 3.63) is 46.0 Å². The summed E-state index contributed by atoms with van der Waals surface area (Å²) in [5, 5.41) is 8.03. The summed E-state index contributed by atoms with van der Waals surface area (Å²) in [4.78, 5) is 0. The predicted octanol–water partition coefficient (Wildman–Crippen LogP) is 3.39. The summed E-state index contributed by atoms with van der Waals surface area (Å²) in [5.74, 6) is -0.367. The number of benzene rings is 1. The molecule has 1 N–H and O–H groups in total. The minimum absolute atomic E-state index is 0.313. The number of halogens is 2. The Labute approximate surface area is 117 Å². The first-order chi connectivity index (χ1) is 9.06. The van der Waals surface area contributed by atoms with Crippen molar-refractivity contribution >= 4 is 11.6 Å². The molecule has 1 aromatic heterocycles. The lowest BCUT2D eigenvalue weighted by atomic mass is 10.2. The maximum atomic E-state index is 13.9. The van der Waals surface area contributed by atoms with Crippen molar-refractivity contribution in [2.75, 3.05) is 6.54 Å². The molecule has 0 amide bonds. The van der Waals surface area contributed by atoms with Gasteiger partial charge in [-0.15, -0.1) is 0 Å². The van der Waals surface area contributed by atoms with Crippen molar-refractivity contribution in [3.63, 3.8) is 0 Å². The zero-order chi connectivity index (χ0) is 14.0. The molecule has 0 atom stereocenters. The third kappa shape index (κ3) is 2.65. The van der Waals surface area contributed by atoms with Crippen molar-refractivity contribution in [2.24, 2.45) is 0 Å². The molecule has 2 rings (SSSR count). The zero-order valence-corrected chi connectivity index (χ0v) is 12.1. The van der Waals surface area contributed by atoms with Crippen LogP contribution >= 0.6 is 11.6 Å². The molecule has 2 aromatic rings. The zero-order valence-electron chi connectivity index (χ0n) is 11.3. The highest BCUT2D eigenvalue weighted by Gasteiger charge is 2.17. The normalized spacial score (nSPS) is 11.0. The van der Waals surface area contributed by atoms with Crippen LogP contribution in [0.25, 0.3) is 5.69 Å². The molecular weight excluding hydrogens is 265 g/mol. The number of nitrogens with zero attached hydrogens (tertiary/aromatic N) is 2. The molecule has 0 unspecified atom stereocenters. The van der Waals surface area contributed by atoms with Crippen LogP contribution in [0.1, 0.15) is 23.9 Å². The van der Waals surface area contributed by atoms with Gasteiger partial charge in [0, 0.05) is 17.8 Å². The first-order valence-electron chi connectivity index (χ1n) is 6.26. The second kappa shape index (κ2) is 5.72. The fourth-order valence-corrected chi connectivity index (χ4v) is 2.33. The van der Waals surface area contributed by atoms with Gasteiger partial charge in [-0.05, 0) is 32.5 Å². The molecule has 3 nitrogen and oxygen atoms in total. The number of aryl methyl sites for hydroxylation is 1. The van der Waals surface area contributed by atoms with E-state index in [2.05, 4.69) is 10.4 Å². The Bertz CT molecular complexity index is 572. The summed E-state index contributed by atoms with van der Waals surface area (Å²) in [7, 11) is 0. The molecule has 0 aliphatic heterocycles. The summed E-state index contributed by atoms with van der Waals surface area (Å²) < 4.78 is 15.5. The summed E-state index contributed by atoms with van der Waals surface area (Å²) in [5.41, 5.74) is 3.19. The number of hydrogen-bond donors (Lipinski definition) is 1. The minimum Gasteiger partial charge on any atom is -0.313 e. The summed E-state index contributed by atoms with van der Waals surface area (Å²) in [6.07, 6.45) is 0. The SMILES string of the molecule is CCNCc1c(C)nn(-c2c(F)cccc2Cl)c1C. The van der Waals surface area contributed by atoms with Gasteiger partial charge in [-0.3, -0.25) is 0 Å². The van der Waals surface area contributed by atoms with Gasteiger partial charge in [-0.2, -0.15) is 5.10 Å². The number of para-hydroxylation sites is 1. The van der Waals surface area contributed by atoms with E-state index in [9.17, 15) is 4.39 Å². The van der Waals surface area contributed by atoms with E-state index in [1.807, 2.05) is 20.8 Å². The van der Waals surface area contributed by atoms with Crippen LogP contribution < -0.4 is 5.32 Å². The van der Waals surface area contributed by atoms with E-state index in [0.29, 0.717) is 10.7 Å². The fourth-order valence-electron chi connectivity index (χ4n) is 2.09. The van der Waals surface area contributed by atoms with E-state index < -0.39 is 0 Å². The van der Waals surface area contributed by atoms with Crippen LogP contribution in [0.2, 0.25) is 5.02 Å². The van der Waals surface area contributed by atoms with Gasteiger partial charge in [-0.1, -0.05) is 24.6 Å². The minimum atomic E-state index is -0.367. The van der Waals surface area contributed by atoms with Gasteiger partial charge in [0.2, 0.25) is 0 Å². The average Bonchev–Trinajstić information content (AvgIpc) is 2.63. The molecule has 1 aromatic carbocycles. The fraction of sp³-hybridized carbons (Fsp3) is 0.357. The van der Waals surface area contributed by atoms with Crippen LogP contribution in [0, 0.1) is 19.7 Å². The highest BCUT2D eigenvalue weighted by Crippen LogP contribution is 2.26. The van der Waals surface area contributed by atoms with Crippen molar-refractivity contribution in [1.82, 2.24) is 15.1 Å². The van der Waals surface area contributed by atoms with E-state index >= 15 is 0 Å². The summed E-state index contributed by atoms with van der Waals surface area (Å²) in [6.45, 7) is 7.49. The smallest absolute Gasteiger partial charge is 0.150 e. The summed E-state index contributed by atoms with van der Waals surface area (Å²) in [6, 6.07) is 4.65. The van der Waals surface area contributed by atoms with Gasteiger partial charge in [0.05, 0.1) is 10.7 Å². The second-order valence-corrected chi connectivity index (χ2v) is 4.82. The largest absolute Gasteiger partial charge is 0.313 e. The monoisotopic (exact) mass is 281 g/mol. The molecule has 0 radical (unpaired) electrons. The Hall–Kier alpha value is -1.39. The van der Waals surface area contributed by atoms with E-state index in [1.54, 1.807) is 16.8 Å². The third-order valence-electron chi connectivity index (χ3n) is 3.14. The van der Waals surface area contributed by atoms with E-state index in [0.717, 1.165) is 30.0 Å². The van der Waals surface area contributed by atoms with E-state index in [4.69, 9.17) is 11.6 Å². The number of rotatable bonds is 4. The Morgan fingerprint density at radius 1 is 1.37 bits per heavy atom. The topological polar surface area (TPSA) is 29.9 Å². The van der Waals surface area contributed by atoms with Gasteiger partial charge in [0.15, 0.2) is 0 Å². The molecule has 0 aliphatic rings. The quantitative estimate of drug-likeness (QED) is 0.931. The van der Waals surface area contributed by atoms with Gasteiger partial charge in [0.25, 0.3) is 0 Å². The molecule has 0 saturated carbocycles. The maximum absolute atomic E-state index is 13.9. The summed E-state index contributed by atoms with van der Waals surface area (Å²) >= 11 is 6.09. The predicted molar refractivity (Wildman–Crippen MR) is 75.4 cm³/mol. The van der Waals surface area contributed by atoms with Gasteiger partial charge < -0.3 is 5.32 Å². The van der Waals surface area contributed by atoms with Crippen molar-refractivity contribution in [3.8, 4) is 5.69 Å². The molecule has 0 saturated heterocycles. The van der Waals surface area contributed by atoms with Gasteiger partial charge >= 0.3 is 0 Å². The standard InChI is InChI=1S/C14H17ClFN3/c1-4-17-8-11-9(2)18-19(10(11)3)14-12(15)6-5-7-13(14)16/h5-7,17H,4,8H2,1-3H3. The maximum Gasteiger partial charge on any atom is 0.150 e. The molecule has 19 heavy (non-hydrogen) atoms. The van der Waals surface area contributed by atoms with Crippen LogP contribution in [-0.2, 0) is 6.54 Å². The Morgan fingerprint density at radius 3 is 2.74 bits per heavy atom. The Balaban J connectivity index is 2.52. The van der Waals surface area contributed by atoms with Crippen molar-refractivity contribution in [1.29, 1.82) is 0 Å². The Kier molecular flexibility index (Phi) is 4.22. The van der Waals surface area contributed by atoms with Crippen LogP contribution in [0.15, 0.2) is 18.2 Å². The lowest BCUT2D eigenvalue weighted by Crippen LogP contribution is -2.13. The van der Waals surface area contributed by atoms with E-state index in [1.165, 1.54) is 6.07 Å². The molecule has 102 valence electrons. The highest BCUT2D eigenvalue weighted by atomic mass is 35.5. The van der Waals surface area contributed by atoms with Crippen LogP contribution in [0.4, 0.5) is 4.39 Å². The van der Waals surface area contributed by atoms with Crippen LogP contribution in [0.3, 0.4) is 0 Å². The van der Waals surface area contributed by atoms with Gasteiger partial charge in [0.1, 0.15) is 11.5 Å². The molecule has 1 heterocycles. The first-order valence-corrected chi connectivity index (χ1v) is 6.64. The number of nitrogens with one attached hydrogen (secondary N) is 1. The van der Waals surface area contributed by atoms with Gasteiger partial charge in [-0.25, -0.2) is 9.07 Å². The van der Waals surface area contributed by atoms with E-state index in [-0.39, 0.29) is 5.82 Å². The second-order valence-electron chi connectivity index (χ2n) is 4.41. The average molecular weight is 282 g/mol. The molecular formula is C14H17ClFN3. The molecule has 0 spiro atoms. The molecule has 0 bridgehead atoms.